The molecule has 6 heteroatoms. The zero-order valence-corrected chi connectivity index (χ0v) is 13.2. The lowest BCUT2D eigenvalue weighted by atomic mass is 9.99. The second-order valence-corrected chi connectivity index (χ2v) is 5.89. The molecule has 0 aromatic carbocycles. The molecule has 0 radical (unpaired) electrons. The molecule has 1 saturated heterocycles. The van der Waals surface area contributed by atoms with Crippen molar-refractivity contribution in [2.75, 3.05) is 13.1 Å². The summed E-state index contributed by atoms with van der Waals surface area (Å²) >= 11 is 0. The highest BCUT2D eigenvalue weighted by atomic mass is 16.2. The molecule has 2 amide bonds. The van der Waals surface area contributed by atoms with Crippen LogP contribution in [0.1, 0.15) is 32.9 Å². The van der Waals surface area contributed by atoms with Gasteiger partial charge in [0.2, 0.25) is 11.8 Å². The Labute approximate surface area is 130 Å². The molecule has 118 valence electrons. The molecule has 1 N–H and O–H groups in total. The number of allylic oxidation sites excluding steroid dienone is 1. The molecule has 1 atom stereocenters. The number of nitrogens with one attached hydrogen (secondary N) is 1. The third kappa shape index (κ3) is 3.90. The van der Waals surface area contributed by atoms with Crippen LogP contribution in [0.3, 0.4) is 0 Å². The first-order valence-electron chi connectivity index (χ1n) is 7.52. The number of piperazine rings is 1. The summed E-state index contributed by atoms with van der Waals surface area (Å²) < 4.78 is 0. The molecular formula is C16H22N4O2. The molecular weight excluding hydrogens is 280 g/mol. The monoisotopic (exact) mass is 302 g/mol. The summed E-state index contributed by atoms with van der Waals surface area (Å²) in [4.78, 5) is 34.4. The van der Waals surface area contributed by atoms with Gasteiger partial charge in [-0.1, -0.05) is 13.8 Å². The molecule has 0 saturated carbocycles. The van der Waals surface area contributed by atoms with Crippen molar-refractivity contribution >= 4 is 17.4 Å². The number of aromatic nitrogens is 2. The Morgan fingerprint density at radius 2 is 2.27 bits per heavy atom. The van der Waals surface area contributed by atoms with Crippen molar-refractivity contribution in [2.24, 2.45) is 5.92 Å². The fraction of sp³-hybridized carbons (Fsp3) is 0.500. The summed E-state index contributed by atoms with van der Waals surface area (Å²) in [6.45, 7) is 6.95. The first-order chi connectivity index (χ1) is 10.5. The van der Waals surface area contributed by atoms with Gasteiger partial charge < -0.3 is 10.2 Å². The third-order valence-corrected chi connectivity index (χ3v) is 3.62. The Kier molecular flexibility index (Phi) is 5.25. The number of hydrogen-bond acceptors (Lipinski definition) is 4. The minimum Gasteiger partial charge on any atom is -0.353 e. The molecule has 0 spiro atoms. The topological polar surface area (TPSA) is 75.2 Å². The maximum absolute atomic E-state index is 12.5. The summed E-state index contributed by atoms with van der Waals surface area (Å²) in [5.74, 6) is 0.122. The van der Waals surface area contributed by atoms with Gasteiger partial charge in [-0.3, -0.25) is 19.6 Å². The highest BCUT2D eigenvalue weighted by Crippen LogP contribution is 2.17. The van der Waals surface area contributed by atoms with Gasteiger partial charge in [0.05, 0.1) is 11.9 Å². The normalized spacial score (nSPS) is 19.3. The molecule has 1 aliphatic heterocycles. The minimum absolute atomic E-state index is 0.0705. The Morgan fingerprint density at radius 1 is 1.50 bits per heavy atom. The molecule has 0 aliphatic carbocycles. The largest absolute Gasteiger partial charge is 0.353 e. The number of carbonyl (C=O) groups excluding carboxylic acids is 2. The molecule has 1 fully saturated rings. The van der Waals surface area contributed by atoms with E-state index in [0.29, 0.717) is 31.1 Å². The average molecular weight is 302 g/mol. The van der Waals surface area contributed by atoms with Gasteiger partial charge in [-0.2, -0.15) is 0 Å². The van der Waals surface area contributed by atoms with E-state index in [1.165, 1.54) is 6.08 Å². The smallest absolute Gasteiger partial charge is 0.247 e. The minimum atomic E-state index is -0.396. The molecule has 1 aliphatic rings. The van der Waals surface area contributed by atoms with Crippen LogP contribution in [-0.4, -0.2) is 45.8 Å². The molecule has 0 bridgehead atoms. The van der Waals surface area contributed by atoms with Crippen LogP contribution in [-0.2, 0) is 9.59 Å². The van der Waals surface area contributed by atoms with E-state index < -0.39 is 6.04 Å². The van der Waals surface area contributed by atoms with Crippen molar-refractivity contribution in [2.45, 2.75) is 33.2 Å². The standard InChI is InChI=1S/C16H22N4O2/c1-11(2)8-14-16(22)19-6-7-20(14)15(21)9-12(3)13-10-17-4-5-18-13/h4-5,9-11,14H,6-8H2,1-3H3,(H,19,22)/b12-9+. The van der Waals surface area contributed by atoms with E-state index in [-0.39, 0.29) is 11.8 Å². The van der Waals surface area contributed by atoms with Gasteiger partial charge in [-0.25, -0.2) is 0 Å². The van der Waals surface area contributed by atoms with Crippen LogP contribution < -0.4 is 5.32 Å². The number of amides is 2. The van der Waals surface area contributed by atoms with Gasteiger partial charge in [-0.05, 0) is 24.8 Å². The SMILES string of the molecule is C/C(=C\C(=O)N1CCNC(=O)C1CC(C)C)c1cnccn1. The first-order valence-corrected chi connectivity index (χ1v) is 7.52. The number of carbonyl (C=O) groups is 2. The number of nitrogens with zero attached hydrogens (tertiary/aromatic N) is 3. The summed E-state index contributed by atoms with van der Waals surface area (Å²) in [7, 11) is 0. The predicted molar refractivity (Wildman–Crippen MR) is 83.6 cm³/mol. The van der Waals surface area contributed by atoms with Crippen LogP contribution in [0.5, 0.6) is 0 Å². The van der Waals surface area contributed by atoms with Gasteiger partial charge in [0.15, 0.2) is 0 Å². The van der Waals surface area contributed by atoms with E-state index >= 15 is 0 Å². The van der Waals surface area contributed by atoms with Crippen molar-refractivity contribution in [3.8, 4) is 0 Å². The molecule has 1 aromatic heterocycles. The Hall–Kier alpha value is -2.24. The third-order valence-electron chi connectivity index (χ3n) is 3.62. The Bertz CT molecular complexity index is 569. The van der Waals surface area contributed by atoms with Crippen molar-refractivity contribution in [3.63, 3.8) is 0 Å². The van der Waals surface area contributed by atoms with Gasteiger partial charge in [-0.15, -0.1) is 0 Å². The maximum atomic E-state index is 12.5. The van der Waals surface area contributed by atoms with Crippen molar-refractivity contribution in [1.82, 2.24) is 20.2 Å². The van der Waals surface area contributed by atoms with E-state index in [1.807, 2.05) is 20.8 Å². The van der Waals surface area contributed by atoms with Crippen LogP contribution in [0.2, 0.25) is 0 Å². The Morgan fingerprint density at radius 3 is 2.91 bits per heavy atom. The second-order valence-electron chi connectivity index (χ2n) is 5.89. The fourth-order valence-corrected chi connectivity index (χ4v) is 2.50. The lowest BCUT2D eigenvalue weighted by molar-refractivity contribution is -0.140. The Balaban J connectivity index is 2.17. The molecule has 6 nitrogen and oxygen atoms in total. The van der Waals surface area contributed by atoms with Crippen LogP contribution in [0.15, 0.2) is 24.7 Å². The number of rotatable bonds is 4. The van der Waals surface area contributed by atoms with Crippen LogP contribution in [0.25, 0.3) is 5.57 Å². The summed E-state index contributed by atoms with van der Waals surface area (Å²) in [5.41, 5.74) is 1.41. The molecule has 2 rings (SSSR count). The summed E-state index contributed by atoms with van der Waals surface area (Å²) in [6.07, 6.45) is 7.00. The van der Waals surface area contributed by atoms with Crippen molar-refractivity contribution in [3.05, 3.63) is 30.4 Å². The van der Waals surface area contributed by atoms with E-state index in [1.54, 1.807) is 23.5 Å². The zero-order chi connectivity index (χ0) is 16.1. The molecule has 2 heterocycles. The van der Waals surface area contributed by atoms with Gasteiger partial charge >= 0.3 is 0 Å². The van der Waals surface area contributed by atoms with E-state index in [2.05, 4.69) is 15.3 Å². The number of hydrogen-bond donors (Lipinski definition) is 1. The quantitative estimate of drug-likeness (QED) is 0.850. The average Bonchev–Trinajstić information content (AvgIpc) is 2.49. The van der Waals surface area contributed by atoms with Gasteiger partial charge in [0.1, 0.15) is 6.04 Å². The summed E-state index contributed by atoms with van der Waals surface area (Å²) in [6, 6.07) is -0.396. The van der Waals surface area contributed by atoms with E-state index in [9.17, 15) is 9.59 Å². The first kappa shape index (κ1) is 16.1. The lowest BCUT2D eigenvalue weighted by Crippen LogP contribution is -2.57. The van der Waals surface area contributed by atoms with Crippen LogP contribution in [0, 0.1) is 5.92 Å². The van der Waals surface area contributed by atoms with Crippen molar-refractivity contribution < 1.29 is 9.59 Å². The predicted octanol–water partition coefficient (Wildman–Crippen LogP) is 1.25. The summed E-state index contributed by atoms with van der Waals surface area (Å²) in [5, 5.41) is 2.83. The second kappa shape index (κ2) is 7.15. The maximum Gasteiger partial charge on any atom is 0.247 e. The van der Waals surface area contributed by atoms with Crippen molar-refractivity contribution in [1.29, 1.82) is 0 Å². The molecule has 22 heavy (non-hydrogen) atoms. The van der Waals surface area contributed by atoms with Gasteiger partial charge in [0, 0.05) is 31.6 Å². The van der Waals surface area contributed by atoms with Crippen LogP contribution >= 0.6 is 0 Å². The van der Waals surface area contributed by atoms with Crippen LogP contribution in [0.4, 0.5) is 0 Å². The van der Waals surface area contributed by atoms with Gasteiger partial charge in [0.25, 0.3) is 0 Å². The highest BCUT2D eigenvalue weighted by molar-refractivity contribution is 5.98. The van der Waals surface area contributed by atoms with E-state index in [0.717, 1.165) is 5.57 Å². The molecule has 1 aromatic rings. The highest BCUT2D eigenvalue weighted by Gasteiger charge is 2.32. The fourth-order valence-electron chi connectivity index (χ4n) is 2.50. The lowest BCUT2D eigenvalue weighted by Gasteiger charge is -2.35. The van der Waals surface area contributed by atoms with E-state index in [4.69, 9.17) is 0 Å². The molecule has 1 unspecified atom stereocenters. The zero-order valence-electron chi connectivity index (χ0n) is 13.2.